The topological polar surface area (TPSA) is 0 Å². The summed E-state index contributed by atoms with van der Waals surface area (Å²) in [5.74, 6) is 0.573. The van der Waals surface area contributed by atoms with Crippen LogP contribution >= 0.6 is 0 Å². The van der Waals surface area contributed by atoms with Crippen LogP contribution in [0.15, 0.2) is 133 Å². The summed E-state index contributed by atoms with van der Waals surface area (Å²) in [5.41, 5.74) is 4.40. The van der Waals surface area contributed by atoms with Gasteiger partial charge < -0.3 is 24.8 Å². The minimum atomic E-state index is 0. The van der Waals surface area contributed by atoms with Crippen LogP contribution in [-0.4, -0.2) is 3.21 Å². The molecule has 0 saturated carbocycles. The first-order valence-corrected chi connectivity index (χ1v) is 14.6. The van der Waals surface area contributed by atoms with Crippen molar-refractivity contribution in [3.8, 4) is 0 Å². The molecule has 0 aliphatic heterocycles. The SMILES string of the molecule is CCC1[C-]=CC(C(C)(C)C)=C1.[Cl-].[Cl-].[Zr+2]=[C](c1ccccc1)c1ccccc1.c1ccc2c(c1)[cH-]c1ccccc12. The third-order valence-electron chi connectivity index (χ3n) is 6.79. The van der Waals surface area contributed by atoms with Gasteiger partial charge in [-0.1, -0.05) is 81.8 Å². The number of benzene rings is 4. The van der Waals surface area contributed by atoms with Crippen molar-refractivity contribution in [1.29, 1.82) is 0 Å². The normalized spacial score (nSPS) is 13.7. The fourth-order valence-electron chi connectivity index (χ4n) is 4.49. The van der Waals surface area contributed by atoms with Gasteiger partial charge in [0.05, 0.1) is 0 Å². The van der Waals surface area contributed by atoms with E-state index in [-0.39, 0.29) is 24.8 Å². The molecular weight excluding hydrogens is 607 g/mol. The molecule has 0 fully saturated rings. The molecule has 0 spiro atoms. The Kier molecular flexibility index (Phi) is 13.6. The maximum atomic E-state index is 3.35. The summed E-state index contributed by atoms with van der Waals surface area (Å²) in [4.78, 5) is 0. The van der Waals surface area contributed by atoms with Crippen LogP contribution in [0.3, 0.4) is 0 Å². The molecular formula is C37H36Cl2Zr-2. The van der Waals surface area contributed by atoms with Crippen LogP contribution in [0.5, 0.6) is 0 Å². The molecule has 5 aromatic carbocycles. The van der Waals surface area contributed by atoms with Gasteiger partial charge >= 0.3 is 99.2 Å². The molecule has 0 nitrogen and oxygen atoms in total. The molecule has 1 atom stereocenters. The number of hydrogen-bond donors (Lipinski definition) is 0. The number of allylic oxidation sites excluding steroid dienone is 4. The van der Waals surface area contributed by atoms with Gasteiger partial charge in [-0.15, -0.1) is 39.7 Å². The van der Waals surface area contributed by atoms with Crippen LogP contribution in [0.4, 0.5) is 0 Å². The average Bonchev–Trinajstić information content (AvgIpc) is 3.60. The second-order valence-corrected chi connectivity index (χ2v) is 11.9. The predicted octanol–water partition coefficient (Wildman–Crippen LogP) is 3.88. The molecule has 3 heteroatoms. The van der Waals surface area contributed by atoms with Crippen molar-refractivity contribution in [2.24, 2.45) is 11.3 Å². The van der Waals surface area contributed by atoms with Gasteiger partial charge in [-0.25, -0.2) is 6.08 Å². The summed E-state index contributed by atoms with van der Waals surface area (Å²) in [6.07, 6.45) is 9.00. The Hall–Kier alpha value is -2.44. The zero-order valence-electron chi connectivity index (χ0n) is 23.7. The van der Waals surface area contributed by atoms with Gasteiger partial charge in [0.2, 0.25) is 0 Å². The standard InChI is InChI=1S/C13H9.C13H10.C11H17.2ClH.Zr/c1-3-7-12-10(5-1)9-11-6-2-4-8-13(11)12;1-3-7-12(8-4-1)11-13-9-5-2-6-10-13;1-5-9-6-7-10(8-9)11(2,3)4;;;/h1-9H;1-10H;7-9H,5H2,1-4H3;2*1H;/q-1;;-1;;;+2/p-2. The molecule has 0 bridgehead atoms. The van der Waals surface area contributed by atoms with E-state index in [2.05, 4.69) is 161 Å². The molecule has 40 heavy (non-hydrogen) atoms. The quantitative estimate of drug-likeness (QED) is 0.262. The summed E-state index contributed by atoms with van der Waals surface area (Å²) in [5, 5.41) is 5.39. The first-order valence-electron chi connectivity index (χ1n) is 13.4. The molecule has 0 radical (unpaired) electrons. The Bertz CT molecular complexity index is 1450. The number of fused-ring (bicyclic) bond motifs is 3. The van der Waals surface area contributed by atoms with Gasteiger partial charge in [-0.2, -0.15) is 11.6 Å². The molecule has 1 aliphatic rings. The fourth-order valence-corrected chi connectivity index (χ4v) is 5.31. The zero-order valence-corrected chi connectivity index (χ0v) is 27.6. The zero-order chi connectivity index (χ0) is 27.0. The number of halogens is 2. The minimum Gasteiger partial charge on any atom is -0.126 e. The second-order valence-electron chi connectivity index (χ2n) is 10.6. The molecule has 0 aromatic heterocycles. The van der Waals surface area contributed by atoms with Crippen molar-refractivity contribution < 1.29 is 49.0 Å². The van der Waals surface area contributed by atoms with E-state index in [1.165, 1.54) is 72.1 Å². The molecule has 1 aliphatic carbocycles. The first kappa shape index (κ1) is 33.8. The van der Waals surface area contributed by atoms with E-state index in [4.69, 9.17) is 0 Å². The Balaban J connectivity index is 0.000000207. The van der Waals surface area contributed by atoms with Crippen molar-refractivity contribution in [3.05, 3.63) is 150 Å². The molecule has 0 heterocycles. The molecule has 204 valence electrons. The summed E-state index contributed by atoms with van der Waals surface area (Å²) < 4.78 is 1.42. The largest absolute Gasteiger partial charge is 0.126 e. The Morgan fingerprint density at radius 3 is 1.50 bits per heavy atom. The van der Waals surface area contributed by atoms with E-state index in [1.807, 2.05) is 0 Å². The van der Waals surface area contributed by atoms with Crippen molar-refractivity contribution in [2.75, 3.05) is 0 Å². The molecule has 5 aromatic rings. The van der Waals surface area contributed by atoms with Gasteiger partial charge in [-0.3, -0.25) is 6.08 Å². The summed E-state index contributed by atoms with van der Waals surface area (Å²) in [6, 6.07) is 40.4. The molecule has 0 saturated heterocycles. The van der Waals surface area contributed by atoms with Crippen LogP contribution in [0, 0.1) is 17.4 Å². The molecule has 6 rings (SSSR count). The van der Waals surface area contributed by atoms with Crippen molar-refractivity contribution in [2.45, 2.75) is 34.1 Å². The van der Waals surface area contributed by atoms with Crippen LogP contribution in [0.1, 0.15) is 45.2 Å². The van der Waals surface area contributed by atoms with Crippen LogP contribution < -0.4 is 24.8 Å². The van der Waals surface area contributed by atoms with Gasteiger partial charge in [0.15, 0.2) is 0 Å². The van der Waals surface area contributed by atoms with Crippen molar-refractivity contribution in [3.63, 3.8) is 0 Å². The minimum absolute atomic E-state index is 0. The van der Waals surface area contributed by atoms with Crippen LogP contribution in [-0.2, 0) is 24.2 Å². The van der Waals surface area contributed by atoms with Gasteiger partial charge in [-0.05, 0) is 0 Å². The van der Waals surface area contributed by atoms with Crippen LogP contribution in [0.2, 0.25) is 0 Å². The van der Waals surface area contributed by atoms with E-state index in [9.17, 15) is 0 Å². The van der Waals surface area contributed by atoms with Gasteiger partial charge in [0, 0.05) is 0 Å². The van der Waals surface area contributed by atoms with E-state index in [1.54, 1.807) is 0 Å². The average molecular weight is 643 g/mol. The number of hydrogen-bond acceptors (Lipinski definition) is 0. The summed E-state index contributed by atoms with van der Waals surface area (Å²) in [7, 11) is 0. The molecule has 0 amide bonds. The fraction of sp³-hybridized carbons (Fsp3) is 0.189. The van der Waals surface area contributed by atoms with Gasteiger partial charge in [0.1, 0.15) is 0 Å². The van der Waals surface area contributed by atoms with E-state index >= 15 is 0 Å². The Morgan fingerprint density at radius 1 is 0.700 bits per heavy atom. The Morgan fingerprint density at radius 2 is 1.12 bits per heavy atom. The second kappa shape index (κ2) is 16.1. The van der Waals surface area contributed by atoms with Gasteiger partial charge in [0.25, 0.3) is 0 Å². The molecule has 1 unspecified atom stereocenters. The predicted molar refractivity (Wildman–Crippen MR) is 162 cm³/mol. The van der Waals surface area contributed by atoms with E-state index in [0.29, 0.717) is 11.3 Å². The van der Waals surface area contributed by atoms with Crippen molar-refractivity contribution in [1.82, 2.24) is 0 Å². The van der Waals surface area contributed by atoms with Crippen molar-refractivity contribution >= 4 is 24.8 Å². The maximum absolute atomic E-state index is 3.35. The Labute approximate surface area is 267 Å². The monoisotopic (exact) mass is 640 g/mol. The first-order chi connectivity index (χ1) is 18.4. The third-order valence-corrected chi connectivity index (χ3v) is 8.21. The molecule has 0 N–H and O–H groups in total. The summed E-state index contributed by atoms with van der Waals surface area (Å²) in [6.45, 7) is 8.94. The third kappa shape index (κ3) is 9.04. The smallest absolute Gasteiger partial charge is 0.0771 e. The van der Waals surface area contributed by atoms with Crippen LogP contribution in [0.25, 0.3) is 21.5 Å². The maximum Gasteiger partial charge on any atom is -0.0771 e. The van der Waals surface area contributed by atoms with E-state index < -0.39 is 0 Å². The number of rotatable bonds is 3. The van der Waals surface area contributed by atoms with E-state index in [0.717, 1.165) is 0 Å². The summed E-state index contributed by atoms with van der Waals surface area (Å²) >= 11 is 1.46.